The van der Waals surface area contributed by atoms with Crippen molar-refractivity contribution in [3.63, 3.8) is 0 Å². The van der Waals surface area contributed by atoms with Gasteiger partial charge in [0.1, 0.15) is 58.1 Å². The molecule has 10 unspecified atom stereocenters. The lowest BCUT2D eigenvalue weighted by Gasteiger charge is -2.36. The van der Waals surface area contributed by atoms with Gasteiger partial charge in [0, 0.05) is 18.3 Å². The molecule has 0 aromatic heterocycles. The van der Waals surface area contributed by atoms with Crippen LogP contribution in [0.4, 0.5) is 56.3 Å². The predicted molar refractivity (Wildman–Crippen MR) is 235 cm³/mol. The van der Waals surface area contributed by atoms with Gasteiger partial charge in [-0.3, -0.25) is 0 Å². The average Bonchev–Trinajstić information content (AvgIpc) is 4.16. The Labute approximate surface area is 418 Å². The van der Waals surface area contributed by atoms with Gasteiger partial charge in [0.2, 0.25) is 12.6 Å². The second-order valence-corrected chi connectivity index (χ2v) is 18.1. The Morgan fingerprint density at radius 2 is 0.743 bits per heavy atom. The molecular weight excluding hydrogens is 996 g/mol. The topological polar surface area (TPSA) is 302 Å². The van der Waals surface area contributed by atoms with Crippen LogP contribution >= 0.6 is 0 Å². The highest BCUT2D eigenvalue weighted by molar-refractivity contribution is 5.76. The van der Waals surface area contributed by atoms with E-state index in [-0.39, 0.29) is 117 Å². The zero-order valence-electron chi connectivity index (χ0n) is 39.0. The van der Waals surface area contributed by atoms with Crippen LogP contribution in [-0.2, 0) is 80.5 Å². The molecular formula is C45H48N4O25. The van der Waals surface area contributed by atoms with Gasteiger partial charge in [-0.15, -0.1) is 0 Å². The first-order chi connectivity index (χ1) is 35.9. The van der Waals surface area contributed by atoms with Crippen LogP contribution in [0.15, 0.2) is 36.4 Å². The summed E-state index contributed by atoms with van der Waals surface area (Å²) >= 11 is 0. The molecule has 29 nitrogen and oxygen atoms in total. The molecule has 11 rings (SSSR count). The maximum absolute atomic E-state index is 12.3. The van der Waals surface area contributed by atoms with Gasteiger partial charge in [0.15, 0.2) is 48.5 Å². The van der Waals surface area contributed by atoms with Crippen LogP contribution in [0.5, 0.6) is 11.5 Å². The van der Waals surface area contributed by atoms with E-state index in [4.69, 9.17) is 85.3 Å². The highest BCUT2D eigenvalue weighted by atomic mass is 16.9. The van der Waals surface area contributed by atoms with Crippen molar-refractivity contribution in [3.8, 4) is 11.5 Å². The van der Waals surface area contributed by atoms with E-state index in [1.165, 1.54) is 0 Å². The third-order valence-electron chi connectivity index (χ3n) is 12.6. The lowest BCUT2D eigenvalue weighted by molar-refractivity contribution is -0.0886. The number of carbonyl (C=O) groups is 7. The van der Waals surface area contributed by atoms with Gasteiger partial charge in [-0.25, -0.2) is 33.6 Å². The van der Waals surface area contributed by atoms with E-state index in [1.807, 2.05) is 14.7 Å². The Balaban J connectivity index is 0.993. The molecule has 10 atom stereocenters. The molecule has 0 N–H and O–H groups in total. The van der Waals surface area contributed by atoms with Gasteiger partial charge in [-0.05, 0) is 30.3 Å². The Morgan fingerprint density at radius 3 is 1.14 bits per heavy atom. The number of epoxide rings is 1. The van der Waals surface area contributed by atoms with Crippen LogP contribution in [0.2, 0.25) is 0 Å². The summed E-state index contributed by atoms with van der Waals surface area (Å²) in [5.74, 6) is 0.452. The van der Waals surface area contributed by atoms with Crippen molar-refractivity contribution in [2.45, 2.75) is 61.4 Å². The third kappa shape index (κ3) is 11.7. The number of fused-ring (bicyclic) bond motifs is 1. The van der Waals surface area contributed by atoms with Crippen LogP contribution in [0, 0.1) is 0 Å². The van der Waals surface area contributed by atoms with E-state index in [1.54, 1.807) is 41.3 Å². The highest BCUT2D eigenvalue weighted by Crippen LogP contribution is 2.42. The van der Waals surface area contributed by atoms with Gasteiger partial charge in [-0.2, -0.15) is 0 Å². The first-order valence-corrected chi connectivity index (χ1v) is 23.6. The fourth-order valence-corrected chi connectivity index (χ4v) is 9.33. The van der Waals surface area contributed by atoms with E-state index in [0.717, 1.165) is 0 Å². The van der Waals surface area contributed by atoms with E-state index < -0.39 is 104 Å². The van der Waals surface area contributed by atoms with Crippen molar-refractivity contribution >= 4 is 65.8 Å². The van der Waals surface area contributed by atoms with E-state index in [0.29, 0.717) is 22.7 Å². The normalized spacial score (nSPS) is 29.3. The molecule has 9 heterocycles. The zero-order valence-corrected chi connectivity index (χ0v) is 39.0. The van der Waals surface area contributed by atoms with E-state index in [2.05, 4.69) is 0 Å². The summed E-state index contributed by atoms with van der Waals surface area (Å²) in [4.78, 5) is 92.7. The molecule has 0 spiro atoms. The third-order valence-corrected chi connectivity index (χ3v) is 12.6. The SMILES string of the molecule is O=C1OCC(CN(CC2COC(=O)O2)c2ccc(Oc3ccc(N(CC4COC(=O)O4)CC4COC5OC5O4)c(N(CC4COC(=O)O4)CC4COC(=O)O4)c3)c(N(CC3COC(=O)O3)CC3COC(=O)O3)c2)O1. The summed E-state index contributed by atoms with van der Waals surface area (Å²) in [6, 6.07) is 10.3. The van der Waals surface area contributed by atoms with Gasteiger partial charge >= 0.3 is 43.1 Å². The predicted octanol–water partition coefficient (Wildman–Crippen LogP) is 2.55. The molecule has 0 radical (unpaired) electrons. The average molecular weight is 1040 g/mol. The van der Waals surface area contributed by atoms with Crippen molar-refractivity contribution < 1.29 is 119 Å². The molecule has 0 amide bonds. The molecule has 0 saturated carbocycles. The van der Waals surface area contributed by atoms with Crippen molar-refractivity contribution in [1.29, 1.82) is 0 Å². The minimum Gasteiger partial charge on any atom is -0.455 e. The molecule has 0 bridgehead atoms. The molecule has 9 saturated heterocycles. The maximum Gasteiger partial charge on any atom is 0.508 e. The van der Waals surface area contributed by atoms with Crippen molar-refractivity contribution in [2.75, 3.05) is 125 Å². The minimum atomic E-state index is -0.876. The first-order valence-electron chi connectivity index (χ1n) is 23.6. The molecule has 9 fully saturated rings. The standard InChI is InChI=1S/C45H48N4O25/c50-39-58-16-26(67-39)7-46(8-27-17-59-40(51)68-27)23-1-4-36(35(5-23)49(13-31-21-63-44(55)72-31)14-32-22-64-45(56)73-32)65-24-2-3-33(47(10-28-18-60-41(52)69-28)9-25-15-57-37-38(66-25)74-37)34(6-24)48(11-29-19-61-42(53)70-29)12-30-20-62-43(54)71-30/h1-6,25-32,37-38H,7-22H2. The number of cyclic esters (lactones) is 14. The van der Waals surface area contributed by atoms with Crippen LogP contribution in [-0.4, -0.2) is 210 Å². The largest absolute Gasteiger partial charge is 0.508 e. The monoisotopic (exact) mass is 1040 g/mol. The summed E-state index contributed by atoms with van der Waals surface area (Å²) in [5, 5.41) is 0. The zero-order chi connectivity index (χ0) is 50.9. The molecule has 74 heavy (non-hydrogen) atoms. The maximum atomic E-state index is 12.3. The van der Waals surface area contributed by atoms with Gasteiger partial charge in [0.05, 0.1) is 69.5 Å². The first kappa shape index (κ1) is 48.5. The second kappa shape index (κ2) is 21.0. The number of hydrogen-bond acceptors (Lipinski definition) is 29. The van der Waals surface area contributed by atoms with Crippen molar-refractivity contribution in [2.24, 2.45) is 0 Å². The quantitative estimate of drug-likeness (QED) is 0.0929. The molecule has 9 aliphatic heterocycles. The number of benzene rings is 2. The minimum absolute atomic E-state index is 0.00586. The lowest BCUT2D eigenvalue weighted by Crippen LogP contribution is -2.45. The lowest BCUT2D eigenvalue weighted by atomic mass is 10.1. The van der Waals surface area contributed by atoms with E-state index in [9.17, 15) is 33.6 Å². The fourth-order valence-electron chi connectivity index (χ4n) is 9.33. The van der Waals surface area contributed by atoms with E-state index >= 15 is 0 Å². The number of carbonyl (C=O) groups excluding carboxylic acids is 7. The van der Waals surface area contributed by atoms with Crippen LogP contribution in [0.1, 0.15) is 0 Å². The Hall–Kier alpha value is -7.79. The molecule has 9 aliphatic rings. The molecule has 0 aliphatic carbocycles. The van der Waals surface area contributed by atoms with Crippen LogP contribution < -0.4 is 24.3 Å². The van der Waals surface area contributed by atoms with Crippen molar-refractivity contribution in [3.05, 3.63) is 36.4 Å². The highest BCUT2D eigenvalue weighted by Gasteiger charge is 2.48. The smallest absolute Gasteiger partial charge is 0.455 e. The number of hydrogen-bond donors (Lipinski definition) is 0. The van der Waals surface area contributed by atoms with Gasteiger partial charge in [-0.1, -0.05) is 0 Å². The molecule has 2 aromatic carbocycles. The fraction of sp³-hybridized carbons (Fsp3) is 0.578. The number of rotatable bonds is 22. The molecule has 29 heteroatoms. The summed E-state index contributed by atoms with van der Waals surface area (Å²) in [5.41, 5.74) is 1.86. The number of anilines is 4. The van der Waals surface area contributed by atoms with Crippen molar-refractivity contribution in [1.82, 2.24) is 0 Å². The second-order valence-electron chi connectivity index (χ2n) is 18.1. The Morgan fingerprint density at radius 1 is 0.365 bits per heavy atom. The Kier molecular flexibility index (Phi) is 13.7. The van der Waals surface area contributed by atoms with Gasteiger partial charge in [0.25, 0.3) is 0 Å². The number of ether oxygens (including phenoxy) is 18. The molecule has 398 valence electrons. The Bertz CT molecular complexity index is 2420. The summed E-state index contributed by atoms with van der Waals surface area (Å²) in [6.07, 6.45) is -12.9. The summed E-state index contributed by atoms with van der Waals surface area (Å²) in [6.45, 7) is 0.131. The summed E-state index contributed by atoms with van der Waals surface area (Å²) in [7, 11) is 0. The molecule has 2 aromatic rings. The summed E-state index contributed by atoms with van der Waals surface area (Å²) < 4.78 is 98.5. The van der Waals surface area contributed by atoms with Crippen LogP contribution in [0.25, 0.3) is 0 Å². The number of nitrogens with zero attached hydrogens (tertiary/aromatic N) is 4. The van der Waals surface area contributed by atoms with Gasteiger partial charge < -0.3 is 105 Å². The van der Waals surface area contributed by atoms with Crippen LogP contribution in [0.3, 0.4) is 0 Å².